The molecule has 0 aliphatic heterocycles. The van der Waals surface area contributed by atoms with E-state index in [2.05, 4.69) is 41.5 Å². The van der Waals surface area contributed by atoms with Crippen molar-refractivity contribution in [2.24, 2.45) is 0 Å². The summed E-state index contributed by atoms with van der Waals surface area (Å²) < 4.78 is 6.67. The van der Waals surface area contributed by atoms with Crippen molar-refractivity contribution < 1.29 is 14.3 Å². The Kier molecular flexibility index (Phi) is 6.24. The van der Waals surface area contributed by atoms with Gasteiger partial charge in [0.2, 0.25) is 0 Å². The molecule has 1 rings (SSSR count). The van der Waals surface area contributed by atoms with Crippen LogP contribution < -0.4 is 4.43 Å². The molecule has 0 atom stereocenters. The van der Waals surface area contributed by atoms with Crippen LogP contribution in [0.1, 0.15) is 64.4 Å². The highest BCUT2D eigenvalue weighted by atomic mass is 28.4. The second-order valence-electron chi connectivity index (χ2n) is 6.86. The van der Waals surface area contributed by atoms with Crippen LogP contribution in [0.5, 0.6) is 5.75 Å². The molecule has 1 aromatic carbocycles. The minimum Gasteiger partial charge on any atom is -0.542 e. The maximum atomic E-state index is 11.5. The summed E-state index contributed by atoms with van der Waals surface area (Å²) in [4.78, 5) is 11.5. The van der Waals surface area contributed by atoms with Crippen LogP contribution in [0.4, 0.5) is 0 Å². The minimum absolute atomic E-state index is 0.360. The van der Waals surface area contributed by atoms with Crippen LogP contribution in [0.15, 0.2) is 18.2 Å². The van der Waals surface area contributed by atoms with Crippen molar-refractivity contribution in [3.05, 3.63) is 29.3 Å². The van der Waals surface area contributed by atoms with Crippen molar-refractivity contribution in [3.63, 3.8) is 0 Å². The fraction of sp³-hybridized carbons (Fsp3) is 0.611. The largest absolute Gasteiger partial charge is 0.542 e. The van der Waals surface area contributed by atoms with Crippen LogP contribution in [0.2, 0.25) is 16.6 Å². The van der Waals surface area contributed by atoms with Gasteiger partial charge < -0.3 is 9.53 Å². The molecule has 0 aliphatic rings. The molecule has 22 heavy (non-hydrogen) atoms. The molecule has 0 aromatic heterocycles. The smallest absolute Gasteiger partial charge is 0.336 e. The predicted molar refractivity (Wildman–Crippen MR) is 94.5 cm³/mol. The monoisotopic (exact) mass is 322 g/mol. The maximum absolute atomic E-state index is 11.5. The van der Waals surface area contributed by atoms with Crippen molar-refractivity contribution >= 4 is 14.3 Å². The van der Waals surface area contributed by atoms with E-state index >= 15 is 0 Å². The molecular formula is C18H30O3Si. The van der Waals surface area contributed by atoms with Gasteiger partial charge in [0.05, 0.1) is 5.56 Å². The minimum atomic E-state index is -2.07. The van der Waals surface area contributed by atoms with Gasteiger partial charge in [-0.1, -0.05) is 54.5 Å². The van der Waals surface area contributed by atoms with Crippen LogP contribution in [0.25, 0.3) is 0 Å². The lowest BCUT2D eigenvalue weighted by Crippen LogP contribution is -2.50. The Balaban J connectivity index is 3.42. The first kappa shape index (κ1) is 18.8. The summed E-state index contributed by atoms with van der Waals surface area (Å²) in [6, 6.07) is 5.38. The molecule has 1 N–H and O–H groups in total. The molecule has 1 aromatic rings. The van der Waals surface area contributed by atoms with E-state index in [1.54, 1.807) is 12.1 Å². The first-order valence-electron chi connectivity index (χ1n) is 8.22. The van der Waals surface area contributed by atoms with E-state index < -0.39 is 14.3 Å². The van der Waals surface area contributed by atoms with E-state index in [0.717, 1.165) is 11.3 Å². The first-order valence-corrected chi connectivity index (χ1v) is 10.4. The van der Waals surface area contributed by atoms with Gasteiger partial charge >= 0.3 is 5.97 Å². The lowest BCUT2D eigenvalue weighted by atomic mass is 10.0. The molecule has 0 spiro atoms. The van der Waals surface area contributed by atoms with E-state index in [9.17, 15) is 9.90 Å². The Morgan fingerprint density at radius 2 is 1.59 bits per heavy atom. The second-order valence-corrected chi connectivity index (χ2v) is 12.2. The number of carboxylic acids is 1. The summed E-state index contributed by atoms with van der Waals surface area (Å²) in [5.74, 6) is -0.113. The fourth-order valence-corrected chi connectivity index (χ4v) is 9.05. The van der Waals surface area contributed by atoms with Gasteiger partial charge in [0.15, 0.2) is 0 Å². The molecule has 0 amide bonds. The van der Waals surface area contributed by atoms with Crippen molar-refractivity contribution in [1.82, 2.24) is 0 Å². The molecule has 0 unspecified atom stereocenters. The van der Waals surface area contributed by atoms with E-state index in [1.165, 1.54) is 0 Å². The number of hydrogen-bond acceptors (Lipinski definition) is 2. The summed E-state index contributed by atoms with van der Waals surface area (Å²) in [6.45, 7) is 15.4. The average molecular weight is 323 g/mol. The zero-order valence-electron chi connectivity index (χ0n) is 14.9. The van der Waals surface area contributed by atoms with Gasteiger partial charge in [-0.25, -0.2) is 4.79 Å². The molecule has 4 heteroatoms. The zero-order valence-corrected chi connectivity index (χ0v) is 15.9. The summed E-state index contributed by atoms with van der Waals surface area (Å²) in [6.07, 6.45) is 0.663. The van der Waals surface area contributed by atoms with E-state index in [4.69, 9.17) is 4.43 Å². The van der Waals surface area contributed by atoms with Crippen molar-refractivity contribution in [3.8, 4) is 5.75 Å². The second kappa shape index (κ2) is 7.31. The Bertz CT molecular complexity index is 499. The number of aromatic carboxylic acids is 1. The zero-order chi connectivity index (χ0) is 17.1. The lowest BCUT2D eigenvalue weighted by molar-refractivity contribution is 0.0695. The third-order valence-electron chi connectivity index (χ3n) is 4.71. The topological polar surface area (TPSA) is 46.5 Å². The van der Waals surface area contributed by atoms with Crippen LogP contribution in [-0.4, -0.2) is 19.4 Å². The SMILES string of the molecule is CCc1c(O[Si](C(C)C)(C(C)C)C(C)C)cccc1C(=O)O. The van der Waals surface area contributed by atoms with Crippen molar-refractivity contribution in [2.45, 2.75) is 71.5 Å². The fourth-order valence-electron chi connectivity index (χ4n) is 3.77. The van der Waals surface area contributed by atoms with Crippen LogP contribution in [0.3, 0.4) is 0 Å². The normalized spacial score (nSPS) is 12.3. The summed E-state index contributed by atoms with van der Waals surface area (Å²) in [5, 5.41) is 9.40. The number of rotatable bonds is 7. The van der Waals surface area contributed by atoms with Crippen LogP contribution in [0, 0.1) is 0 Å². The third kappa shape index (κ3) is 3.37. The molecular weight excluding hydrogens is 292 g/mol. The van der Waals surface area contributed by atoms with Gasteiger partial charge in [0.1, 0.15) is 5.75 Å². The van der Waals surface area contributed by atoms with Gasteiger partial charge in [-0.2, -0.15) is 0 Å². The van der Waals surface area contributed by atoms with E-state index in [0.29, 0.717) is 28.6 Å². The molecule has 124 valence electrons. The van der Waals surface area contributed by atoms with Gasteiger partial charge in [-0.15, -0.1) is 0 Å². The molecule has 0 bridgehead atoms. The molecule has 0 radical (unpaired) electrons. The van der Waals surface area contributed by atoms with Crippen molar-refractivity contribution in [1.29, 1.82) is 0 Å². The Labute approximate surface area is 135 Å². The number of carbonyl (C=O) groups is 1. The molecule has 0 aliphatic carbocycles. The van der Waals surface area contributed by atoms with Gasteiger partial charge in [0, 0.05) is 5.56 Å². The van der Waals surface area contributed by atoms with E-state index in [1.807, 2.05) is 13.0 Å². The number of hydrogen-bond donors (Lipinski definition) is 1. The molecule has 0 heterocycles. The van der Waals surface area contributed by atoms with Gasteiger partial charge in [-0.05, 0) is 35.2 Å². The van der Waals surface area contributed by atoms with Crippen LogP contribution >= 0.6 is 0 Å². The predicted octanol–water partition coefficient (Wildman–Crippen LogP) is 5.50. The molecule has 0 saturated carbocycles. The number of carboxylic acid groups (broad SMARTS) is 1. The van der Waals surface area contributed by atoms with Crippen LogP contribution in [-0.2, 0) is 6.42 Å². The van der Waals surface area contributed by atoms with Gasteiger partial charge in [-0.3, -0.25) is 0 Å². The highest BCUT2D eigenvalue weighted by Crippen LogP contribution is 2.43. The Hall–Kier alpha value is -1.29. The summed E-state index contributed by atoms with van der Waals surface area (Å²) in [7, 11) is -2.07. The Morgan fingerprint density at radius 3 is 1.95 bits per heavy atom. The third-order valence-corrected chi connectivity index (χ3v) is 10.7. The highest BCUT2D eigenvalue weighted by Gasteiger charge is 2.47. The summed E-state index contributed by atoms with van der Waals surface area (Å²) >= 11 is 0. The maximum Gasteiger partial charge on any atom is 0.336 e. The van der Waals surface area contributed by atoms with E-state index in [-0.39, 0.29) is 0 Å². The van der Waals surface area contributed by atoms with Gasteiger partial charge in [0.25, 0.3) is 8.32 Å². The lowest BCUT2D eigenvalue weighted by Gasteiger charge is -2.42. The number of benzene rings is 1. The molecule has 0 saturated heterocycles. The Morgan fingerprint density at radius 1 is 1.09 bits per heavy atom. The highest BCUT2D eigenvalue weighted by molar-refractivity contribution is 6.78. The quantitative estimate of drug-likeness (QED) is 0.674. The van der Waals surface area contributed by atoms with Crippen molar-refractivity contribution in [2.75, 3.05) is 0 Å². The first-order chi connectivity index (χ1) is 10.2. The molecule has 3 nitrogen and oxygen atoms in total. The molecule has 0 fully saturated rings. The standard InChI is InChI=1S/C18H30O3Si/c1-8-15-16(18(19)20)10-9-11-17(15)21-22(12(2)3,13(4)5)14(6)7/h9-14H,8H2,1-7H3,(H,19,20). The summed E-state index contributed by atoms with van der Waals surface area (Å²) in [5.41, 5.74) is 2.56. The average Bonchev–Trinajstić information content (AvgIpc) is 2.42.